The number of carbonyl (C=O) groups excluding carboxylic acids is 1. The van der Waals surface area contributed by atoms with E-state index in [2.05, 4.69) is 0 Å². The normalized spacial score (nSPS) is 11.4. The summed E-state index contributed by atoms with van der Waals surface area (Å²) in [6, 6.07) is 1.83. The van der Waals surface area contributed by atoms with Crippen LogP contribution in [-0.2, 0) is 0 Å². The second kappa shape index (κ2) is 4.96. The Morgan fingerprint density at radius 3 is 2.44 bits per heavy atom. The number of ketones is 1. The molecular formula is C12H11F3O. The lowest BCUT2D eigenvalue weighted by Crippen LogP contribution is -2.02. The van der Waals surface area contributed by atoms with Crippen LogP contribution in [0.1, 0.15) is 41.8 Å². The highest BCUT2D eigenvalue weighted by Crippen LogP contribution is 2.25. The molecule has 1 aromatic rings. The molecule has 86 valence electrons. The highest BCUT2D eigenvalue weighted by atomic mass is 19.3. The van der Waals surface area contributed by atoms with Gasteiger partial charge in [-0.2, -0.15) is 0 Å². The van der Waals surface area contributed by atoms with Crippen LogP contribution in [0.3, 0.4) is 0 Å². The molecule has 0 saturated carbocycles. The zero-order valence-electron chi connectivity index (χ0n) is 8.93. The second-order valence-electron chi connectivity index (χ2n) is 3.32. The van der Waals surface area contributed by atoms with Gasteiger partial charge in [-0.3, -0.25) is 4.79 Å². The molecule has 0 radical (unpaired) electrons. The van der Waals surface area contributed by atoms with Crippen LogP contribution in [0.5, 0.6) is 0 Å². The minimum Gasteiger partial charge on any atom is -0.294 e. The van der Waals surface area contributed by atoms with Crippen molar-refractivity contribution < 1.29 is 18.0 Å². The van der Waals surface area contributed by atoms with Gasteiger partial charge in [0.2, 0.25) is 0 Å². The van der Waals surface area contributed by atoms with E-state index in [9.17, 15) is 18.0 Å². The summed E-state index contributed by atoms with van der Waals surface area (Å²) in [4.78, 5) is 11.2. The molecule has 0 unspecified atom stereocenters. The van der Waals surface area contributed by atoms with Gasteiger partial charge in [0.1, 0.15) is 5.82 Å². The Hall–Kier alpha value is -1.58. The summed E-state index contributed by atoms with van der Waals surface area (Å²) in [6.07, 6.45) is 0.252. The monoisotopic (exact) mass is 228 g/mol. The third kappa shape index (κ3) is 2.51. The van der Waals surface area contributed by atoms with E-state index in [1.807, 2.05) is 0 Å². The number of Topliss-reactive ketones (excluding diaryl/α,β-unsaturated/α-hetero) is 1. The highest BCUT2D eigenvalue weighted by Gasteiger charge is 2.17. The van der Waals surface area contributed by atoms with Crippen LogP contribution in [0.2, 0.25) is 0 Å². The lowest BCUT2D eigenvalue weighted by Gasteiger charge is -2.07. The number of rotatable bonds is 3. The van der Waals surface area contributed by atoms with E-state index in [4.69, 9.17) is 0 Å². The molecule has 1 rings (SSSR count). The summed E-state index contributed by atoms with van der Waals surface area (Å²) in [6.45, 7) is 2.87. The van der Waals surface area contributed by atoms with Crippen molar-refractivity contribution in [3.8, 4) is 0 Å². The lowest BCUT2D eigenvalue weighted by molar-refractivity contribution is 0.101. The van der Waals surface area contributed by atoms with E-state index < -0.39 is 23.6 Å². The van der Waals surface area contributed by atoms with Gasteiger partial charge in [0.05, 0.1) is 5.56 Å². The first-order valence-electron chi connectivity index (χ1n) is 4.72. The smallest absolute Gasteiger partial charge is 0.263 e. The Labute approximate surface area is 91.6 Å². The first-order valence-corrected chi connectivity index (χ1v) is 4.72. The second-order valence-corrected chi connectivity index (χ2v) is 3.32. The van der Waals surface area contributed by atoms with Crippen molar-refractivity contribution in [3.05, 3.63) is 40.7 Å². The van der Waals surface area contributed by atoms with Gasteiger partial charge in [0.25, 0.3) is 6.43 Å². The Morgan fingerprint density at radius 1 is 1.38 bits per heavy atom. The maximum absolute atomic E-state index is 13.5. The third-order valence-electron chi connectivity index (χ3n) is 2.09. The maximum atomic E-state index is 13.5. The minimum absolute atomic E-state index is 0.150. The van der Waals surface area contributed by atoms with Gasteiger partial charge in [0.15, 0.2) is 5.78 Å². The average Bonchev–Trinajstić information content (AvgIpc) is 2.16. The van der Waals surface area contributed by atoms with Crippen LogP contribution in [-0.4, -0.2) is 5.78 Å². The molecule has 4 heteroatoms. The van der Waals surface area contributed by atoms with Gasteiger partial charge >= 0.3 is 0 Å². The fourth-order valence-corrected chi connectivity index (χ4v) is 1.46. The van der Waals surface area contributed by atoms with Crippen LogP contribution < -0.4 is 0 Å². The predicted octanol–water partition coefficient (Wildman–Crippen LogP) is 4.00. The summed E-state index contributed by atoms with van der Waals surface area (Å²) < 4.78 is 38.3. The van der Waals surface area contributed by atoms with Gasteiger partial charge in [-0.25, -0.2) is 13.2 Å². The topological polar surface area (TPSA) is 17.1 Å². The summed E-state index contributed by atoms with van der Waals surface area (Å²) in [5, 5.41) is 0. The number of alkyl halides is 2. The van der Waals surface area contributed by atoms with Gasteiger partial charge in [-0.1, -0.05) is 12.2 Å². The van der Waals surface area contributed by atoms with E-state index in [-0.39, 0.29) is 11.1 Å². The molecule has 0 N–H and O–H groups in total. The molecule has 0 aliphatic carbocycles. The predicted molar refractivity (Wildman–Crippen MR) is 56.1 cm³/mol. The third-order valence-corrected chi connectivity index (χ3v) is 2.09. The largest absolute Gasteiger partial charge is 0.294 e. The Morgan fingerprint density at radius 2 is 2.00 bits per heavy atom. The van der Waals surface area contributed by atoms with E-state index in [0.717, 1.165) is 6.07 Å². The van der Waals surface area contributed by atoms with Gasteiger partial charge < -0.3 is 0 Å². The Kier molecular flexibility index (Phi) is 3.88. The van der Waals surface area contributed by atoms with Crippen LogP contribution >= 0.6 is 0 Å². The molecular weight excluding hydrogens is 217 g/mol. The maximum Gasteiger partial charge on any atom is 0.263 e. The number of benzene rings is 1. The number of carbonyl (C=O) groups is 1. The minimum atomic E-state index is -2.75. The molecule has 0 aromatic heterocycles. The zero-order valence-corrected chi connectivity index (χ0v) is 8.93. The quantitative estimate of drug-likeness (QED) is 0.714. The number of hydrogen-bond acceptors (Lipinski definition) is 1. The van der Waals surface area contributed by atoms with Crippen molar-refractivity contribution in [2.75, 3.05) is 0 Å². The van der Waals surface area contributed by atoms with Gasteiger partial charge in [0, 0.05) is 5.56 Å². The molecule has 0 spiro atoms. The van der Waals surface area contributed by atoms with Crippen molar-refractivity contribution >= 4 is 11.9 Å². The lowest BCUT2D eigenvalue weighted by atomic mass is 10.00. The zero-order chi connectivity index (χ0) is 12.3. The van der Waals surface area contributed by atoms with Gasteiger partial charge in [-0.15, -0.1) is 0 Å². The standard InChI is InChI=1S/C12H11F3O/c1-3-4-8-5-9(12(14)15)6-10(13)11(8)7(2)16/h3-6,12H,1-2H3/b4-3+. The van der Waals surface area contributed by atoms with Crippen molar-refractivity contribution in [2.24, 2.45) is 0 Å². The molecule has 0 fully saturated rings. The van der Waals surface area contributed by atoms with Crippen molar-refractivity contribution in [1.82, 2.24) is 0 Å². The molecule has 1 nitrogen and oxygen atoms in total. The van der Waals surface area contributed by atoms with Crippen molar-refractivity contribution in [3.63, 3.8) is 0 Å². The highest BCUT2D eigenvalue weighted by molar-refractivity contribution is 5.98. The number of hydrogen-bond donors (Lipinski definition) is 0. The summed E-state index contributed by atoms with van der Waals surface area (Å²) in [5.74, 6) is -1.38. The number of halogens is 3. The molecule has 0 saturated heterocycles. The fraction of sp³-hybridized carbons (Fsp3) is 0.250. The molecule has 0 amide bonds. The SMILES string of the molecule is C/C=C/c1cc(C(F)F)cc(F)c1C(C)=O. The molecule has 16 heavy (non-hydrogen) atoms. The summed E-state index contributed by atoms with van der Waals surface area (Å²) >= 11 is 0. The Bertz CT molecular complexity index is 436. The van der Waals surface area contributed by atoms with Crippen molar-refractivity contribution in [2.45, 2.75) is 20.3 Å². The van der Waals surface area contributed by atoms with E-state index in [1.54, 1.807) is 13.0 Å². The van der Waals surface area contributed by atoms with Crippen molar-refractivity contribution in [1.29, 1.82) is 0 Å². The van der Waals surface area contributed by atoms with E-state index >= 15 is 0 Å². The first kappa shape index (κ1) is 12.5. The van der Waals surface area contributed by atoms with Crippen LogP contribution in [0.4, 0.5) is 13.2 Å². The van der Waals surface area contributed by atoms with Crippen LogP contribution in [0.15, 0.2) is 18.2 Å². The van der Waals surface area contributed by atoms with Gasteiger partial charge in [-0.05, 0) is 31.5 Å². The first-order chi connectivity index (χ1) is 7.47. The van der Waals surface area contributed by atoms with Crippen LogP contribution in [0.25, 0.3) is 6.08 Å². The van der Waals surface area contributed by atoms with E-state index in [1.165, 1.54) is 13.0 Å². The molecule has 0 bridgehead atoms. The summed E-state index contributed by atoms with van der Waals surface area (Å²) in [7, 11) is 0. The average molecular weight is 228 g/mol. The number of allylic oxidation sites excluding steroid dienone is 1. The molecule has 0 aliphatic rings. The summed E-state index contributed by atoms with van der Waals surface area (Å²) in [5.41, 5.74) is -0.386. The molecule has 1 aromatic carbocycles. The van der Waals surface area contributed by atoms with E-state index in [0.29, 0.717) is 6.07 Å². The fourth-order valence-electron chi connectivity index (χ4n) is 1.46. The molecule has 0 atom stereocenters. The molecule has 0 aliphatic heterocycles. The Balaban J connectivity index is 3.45. The molecule has 0 heterocycles. The van der Waals surface area contributed by atoms with Crippen LogP contribution in [0, 0.1) is 5.82 Å².